The van der Waals surface area contributed by atoms with Crippen LogP contribution in [-0.2, 0) is 9.53 Å². The highest BCUT2D eigenvalue weighted by Crippen LogP contribution is 2.29. The molecule has 8 heteroatoms. The molecular weight excluding hydrogens is 438 g/mol. The summed E-state index contributed by atoms with van der Waals surface area (Å²) in [5.41, 5.74) is 1.96. The summed E-state index contributed by atoms with van der Waals surface area (Å²) in [5, 5.41) is 2.73. The van der Waals surface area contributed by atoms with Crippen molar-refractivity contribution < 1.29 is 33.3 Å². The lowest BCUT2D eigenvalue weighted by molar-refractivity contribution is -0.118. The van der Waals surface area contributed by atoms with Gasteiger partial charge in [-0.2, -0.15) is 0 Å². The number of aryl methyl sites for hydroxylation is 1. The molecule has 0 heterocycles. The highest BCUT2D eigenvalue weighted by atomic mass is 16.6. The Hall–Kier alpha value is -4.20. The van der Waals surface area contributed by atoms with Crippen LogP contribution in [0.5, 0.6) is 23.0 Å². The van der Waals surface area contributed by atoms with Gasteiger partial charge in [-0.3, -0.25) is 4.79 Å². The predicted molar refractivity (Wildman–Crippen MR) is 127 cm³/mol. The molecule has 34 heavy (non-hydrogen) atoms. The molecule has 0 aromatic heterocycles. The molecular formula is C26H27NO7. The molecule has 0 atom stereocenters. The molecule has 8 nitrogen and oxygen atoms in total. The van der Waals surface area contributed by atoms with Crippen LogP contribution in [0.15, 0.2) is 66.7 Å². The third kappa shape index (κ3) is 6.90. The minimum atomic E-state index is -0.522. The first-order valence-electron chi connectivity index (χ1n) is 10.6. The lowest BCUT2D eigenvalue weighted by atomic mass is 10.2. The van der Waals surface area contributed by atoms with E-state index in [0.717, 1.165) is 5.56 Å². The van der Waals surface area contributed by atoms with Crippen molar-refractivity contribution in [1.29, 1.82) is 0 Å². The van der Waals surface area contributed by atoms with Gasteiger partial charge in [0.05, 0.1) is 25.5 Å². The number of benzene rings is 3. The van der Waals surface area contributed by atoms with Crippen LogP contribution in [0.25, 0.3) is 0 Å². The van der Waals surface area contributed by atoms with E-state index < -0.39 is 5.97 Å². The molecule has 3 aromatic carbocycles. The summed E-state index contributed by atoms with van der Waals surface area (Å²) >= 11 is 0. The zero-order valence-electron chi connectivity index (χ0n) is 19.3. The van der Waals surface area contributed by atoms with Crippen LogP contribution in [-0.4, -0.2) is 45.9 Å². The fourth-order valence-electron chi connectivity index (χ4n) is 3.00. The molecule has 0 bridgehead atoms. The molecule has 0 unspecified atom stereocenters. The molecule has 0 fully saturated rings. The van der Waals surface area contributed by atoms with Crippen molar-refractivity contribution in [3.63, 3.8) is 0 Å². The van der Waals surface area contributed by atoms with Gasteiger partial charge < -0.3 is 29.0 Å². The van der Waals surface area contributed by atoms with Crippen molar-refractivity contribution in [3.8, 4) is 23.0 Å². The number of ether oxygens (including phenoxy) is 5. The van der Waals surface area contributed by atoms with Crippen molar-refractivity contribution in [2.45, 2.75) is 6.92 Å². The monoisotopic (exact) mass is 465 g/mol. The van der Waals surface area contributed by atoms with Crippen molar-refractivity contribution in [3.05, 3.63) is 77.9 Å². The van der Waals surface area contributed by atoms with Crippen LogP contribution in [0, 0.1) is 6.92 Å². The van der Waals surface area contributed by atoms with Crippen LogP contribution < -0.4 is 24.3 Å². The Morgan fingerprint density at radius 3 is 2.26 bits per heavy atom. The Bertz CT molecular complexity index is 1110. The number of para-hydroxylation sites is 2. The van der Waals surface area contributed by atoms with E-state index in [4.69, 9.17) is 23.7 Å². The summed E-state index contributed by atoms with van der Waals surface area (Å²) in [7, 11) is 2.97. The van der Waals surface area contributed by atoms with Crippen LogP contribution in [0.2, 0.25) is 0 Å². The highest BCUT2D eigenvalue weighted by Gasteiger charge is 2.14. The molecule has 0 saturated carbocycles. The van der Waals surface area contributed by atoms with Gasteiger partial charge in [0.1, 0.15) is 24.7 Å². The normalized spacial score (nSPS) is 10.2. The topological polar surface area (TPSA) is 92.3 Å². The molecule has 0 aliphatic carbocycles. The lowest BCUT2D eigenvalue weighted by Gasteiger charge is -2.13. The first-order valence-corrected chi connectivity index (χ1v) is 10.6. The quantitative estimate of drug-likeness (QED) is 0.334. The number of nitrogens with one attached hydrogen (secondary N) is 1. The van der Waals surface area contributed by atoms with Crippen molar-refractivity contribution in [1.82, 2.24) is 0 Å². The van der Waals surface area contributed by atoms with Crippen LogP contribution in [0.3, 0.4) is 0 Å². The molecule has 0 aliphatic heterocycles. The van der Waals surface area contributed by atoms with Gasteiger partial charge in [0.15, 0.2) is 18.1 Å². The maximum Gasteiger partial charge on any atom is 0.338 e. The second kappa shape index (κ2) is 12.2. The van der Waals surface area contributed by atoms with Gasteiger partial charge in [-0.05, 0) is 49.4 Å². The fraction of sp³-hybridized carbons (Fsp3) is 0.231. The molecule has 3 rings (SSSR count). The smallest absolute Gasteiger partial charge is 0.338 e. The Balaban J connectivity index is 1.50. The predicted octanol–water partition coefficient (Wildman–Crippen LogP) is 4.27. The summed E-state index contributed by atoms with van der Waals surface area (Å²) in [5.74, 6) is 0.974. The van der Waals surface area contributed by atoms with E-state index in [1.54, 1.807) is 36.4 Å². The average Bonchev–Trinajstić information content (AvgIpc) is 2.86. The molecule has 1 N–H and O–H groups in total. The maximum absolute atomic E-state index is 12.4. The number of methoxy groups -OCH3 is 2. The van der Waals surface area contributed by atoms with Gasteiger partial charge in [0, 0.05) is 0 Å². The summed E-state index contributed by atoms with van der Waals surface area (Å²) < 4.78 is 26.9. The second-order valence-corrected chi connectivity index (χ2v) is 7.20. The van der Waals surface area contributed by atoms with Crippen LogP contribution >= 0.6 is 0 Å². The number of carbonyl (C=O) groups is 2. The second-order valence-electron chi connectivity index (χ2n) is 7.20. The summed E-state index contributed by atoms with van der Waals surface area (Å²) in [6.07, 6.45) is 0. The average molecular weight is 466 g/mol. The van der Waals surface area contributed by atoms with E-state index in [1.807, 2.05) is 31.2 Å². The Kier molecular flexibility index (Phi) is 8.73. The number of rotatable bonds is 11. The first-order chi connectivity index (χ1) is 16.5. The van der Waals surface area contributed by atoms with Gasteiger partial charge in [0.25, 0.3) is 5.91 Å². The Labute approximate surface area is 198 Å². The molecule has 1 amide bonds. The highest BCUT2D eigenvalue weighted by molar-refractivity contribution is 5.93. The standard InChI is InChI=1S/C26H27NO7/c1-18-8-11-20(12-9-18)32-14-15-33-26(29)19-10-13-23(24(16-19)31-3)34-17-25(28)27-21-6-4-5-7-22(21)30-2/h4-13,16H,14-15,17H2,1-3H3,(H,27,28). The summed E-state index contributed by atoms with van der Waals surface area (Å²) in [6, 6.07) is 19.3. The van der Waals surface area contributed by atoms with Crippen molar-refractivity contribution in [2.24, 2.45) is 0 Å². The lowest BCUT2D eigenvalue weighted by Crippen LogP contribution is -2.20. The van der Waals surface area contributed by atoms with E-state index in [9.17, 15) is 9.59 Å². The third-order valence-corrected chi connectivity index (χ3v) is 4.75. The van der Waals surface area contributed by atoms with E-state index in [0.29, 0.717) is 28.7 Å². The molecule has 0 spiro atoms. The van der Waals surface area contributed by atoms with Gasteiger partial charge in [-0.1, -0.05) is 29.8 Å². The Morgan fingerprint density at radius 2 is 1.53 bits per heavy atom. The van der Waals surface area contributed by atoms with Crippen molar-refractivity contribution in [2.75, 3.05) is 39.4 Å². The Morgan fingerprint density at radius 1 is 0.794 bits per heavy atom. The van der Waals surface area contributed by atoms with E-state index >= 15 is 0 Å². The summed E-state index contributed by atoms with van der Waals surface area (Å²) in [6.45, 7) is 2.06. The van der Waals surface area contributed by atoms with Crippen LogP contribution in [0.1, 0.15) is 15.9 Å². The third-order valence-electron chi connectivity index (χ3n) is 4.75. The molecule has 178 valence electrons. The SMILES string of the molecule is COc1ccccc1NC(=O)COc1ccc(C(=O)OCCOc2ccc(C)cc2)cc1OC. The maximum atomic E-state index is 12.4. The molecule has 0 aliphatic rings. The minimum absolute atomic E-state index is 0.0936. The van der Waals surface area contributed by atoms with Gasteiger partial charge in [-0.15, -0.1) is 0 Å². The minimum Gasteiger partial charge on any atom is -0.495 e. The zero-order valence-corrected chi connectivity index (χ0v) is 19.3. The molecule has 3 aromatic rings. The van der Waals surface area contributed by atoms with E-state index in [-0.39, 0.29) is 31.3 Å². The largest absolute Gasteiger partial charge is 0.495 e. The van der Waals surface area contributed by atoms with Crippen LogP contribution in [0.4, 0.5) is 5.69 Å². The van der Waals surface area contributed by atoms with E-state index in [2.05, 4.69) is 5.32 Å². The number of anilines is 1. The number of amides is 1. The summed E-state index contributed by atoms with van der Waals surface area (Å²) in [4.78, 5) is 24.6. The number of hydrogen-bond donors (Lipinski definition) is 1. The molecule has 0 radical (unpaired) electrons. The molecule has 0 saturated heterocycles. The van der Waals surface area contributed by atoms with Gasteiger partial charge >= 0.3 is 5.97 Å². The van der Waals surface area contributed by atoms with Gasteiger partial charge in [0.2, 0.25) is 0 Å². The first kappa shape index (κ1) is 24.4. The van der Waals surface area contributed by atoms with Crippen molar-refractivity contribution >= 4 is 17.6 Å². The van der Waals surface area contributed by atoms with E-state index in [1.165, 1.54) is 20.3 Å². The zero-order chi connectivity index (χ0) is 24.3. The number of hydrogen-bond acceptors (Lipinski definition) is 7. The number of esters is 1. The fourth-order valence-corrected chi connectivity index (χ4v) is 3.00. The number of carbonyl (C=O) groups excluding carboxylic acids is 2. The van der Waals surface area contributed by atoms with Gasteiger partial charge in [-0.25, -0.2) is 4.79 Å².